The first kappa shape index (κ1) is 15.3. The van der Waals surface area contributed by atoms with E-state index in [-0.39, 0.29) is 16.9 Å². The number of pyridine rings is 1. The Morgan fingerprint density at radius 3 is 2.64 bits per heavy atom. The molecule has 25 heavy (non-hydrogen) atoms. The second-order valence-electron chi connectivity index (χ2n) is 5.95. The zero-order chi connectivity index (χ0) is 17.4. The Morgan fingerprint density at radius 2 is 1.88 bits per heavy atom. The first-order chi connectivity index (χ1) is 12.1. The molecule has 3 heterocycles. The number of H-pyrrole nitrogens is 1. The molecule has 0 bridgehead atoms. The largest absolute Gasteiger partial charge is 0.352 e. The normalized spacial score (nSPS) is 13.6. The fourth-order valence-corrected chi connectivity index (χ4v) is 3.06. The summed E-state index contributed by atoms with van der Waals surface area (Å²) in [6.07, 6.45) is 3.86. The van der Waals surface area contributed by atoms with Gasteiger partial charge in [-0.2, -0.15) is 0 Å². The molecule has 0 aliphatic carbocycles. The van der Waals surface area contributed by atoms with Crippen LogP contribution in [0.1, 0.15) is 11.1 Å². The zero-order valence-corrected chi connectivity index (χ0v) is 13.3. The van der Waals surface area contributed by atoms with Gasteiger partial charge in [-0.3, -0.25) is 14.2 Å². The van der Waals surface area contributed by atoms with Gasteiger partial charge in [0.1, 0.15) is 11.6 Å². The quantitative estimate of drug-likeness (QED) is 0.771. The molecule has 0 radical (unpaired) electrons. The van der Waals surface area contributed by atoms with Crippen LogP contribution in [-0.4, -0.2) is 21.1 Å². The lowest BCUT2D eigenvalue weighted by molar-refractivity contribution is 0.627. The summed E-state index contributed by atoms with van der Waals surface area (Å²) >= 11 is 0. The van der Waals surface area contributed by atoms with Gasteiger partial charge in [0.2, 0.25) is 0 Å². The first-order valence-electron chi connectivity index (χ1n) is 7.90. The van der Waals surface area contributed by atoms with Gasteiger partial charge in [0, 0.05) is 37.1 Å². The smallest absolute Gasteiger partial charge is 0.255 e. The van der Waals surface area contributed by atoms with Gasteiger partial charge in [-0.1, -0.05) is 0 Å². The predicted octanol–water partition coefficient (Wildman–Crippen LogP) is 1.62. The average molecular weight is 338 g/mol. The summed E-state index contributed by atoms with van der Waals surface area (Å²) < 4.78 is 14.6. The highest BCUT2D eigenvalue weighted by Gasteiger charge is 2.19. The maximum atomic E-state index is 13.1. The van der Waals surface area contributed by atoms with Crippen LogP contribution in [0, 0.1) is 5.82 Å². The van der Waals surface area contributed by atoms with Crippen LogP contribution in [0.2, 0.25) is 0 Å². The van der Waals surface area contributed by atoms with E-state index in [2.05, 4.69) is 9.97 Å². The van der Waals surface area contributed by atoms with Crippen molar-refractivity contribution < 1.29 is 4.39 Å². The summed E-state index contributed by atoms with van der Waals surface area (Å²) in [7, 11) is 0. The minimum absolute atomic E-state index is 0.145. The van der Waals surface area contributed by atoms with Crippen molar-refractivity contribution in [1.29, 1.82) is 0 Å². The molecule has 1 aromatic carbocycles. The molecule has 4 rings (SSSR count). The number of fused-ring (bicyclic) bond motifs is 1. The highest BCUT2D eigenvalue weighted by atomic mass is 19.1. The SMILES string of the molecule is O=c1cc(N2CCc3cc(=O)n(-c4ccc(F)cc4)cc3C2)nc[nH]1. The molecular formula is C18H15FN4O2. The molecule has 0 saturated carbocycles. The van der Waals surface area contributed by atoms with Gasteiger partial charge in [0.15, 0.2) is 0 Å². The second-order valence-corrected chi connectivity index (χ2v) is 5.95. The Morgan fingerprint density at radius 1 is 1.08 bits per heavy atom. The van der Waals surface area contributed by atoms with E-state index in [9.17, 15) is 14.0 Å². The minimum atomic E-state index is -0.346. The van der Waals surface area contributed by atoms with E-state index in [0.29, 0.717) is 31.0 Å². The molecule has 1 N–H and O–H groups in total. The maximum Gasteiger partial charge on any atom is 0.255 e. The standard InChI is InChI=1S/C18H15FN4O2/c19-14-1-3-15(4-2-14)23-10-13-9-22(6-5-12(13)7-18(23)25)16-8-17(24)21-11-20-16/h1-4,7-8,10-11H,5-6,9H2,(H,20,21,24). The molecule has 0 amide bonds. The fourth-order valence-electron chi connectivity index (χ4n) is 3.06. The van der Waals surface area contributed by atoms with Gasteiger partial charge < -0.3 is 9.88 Å². The lowest BCUT2D eigenvalue weighted by Crippen LogP contribution is -2.34. The van der Waals surface area contributed by atoms with Crippen molar-refractivity contribution in [3.8, 4) is 5.69 Å². The van der Waals surface area contributed by atoms with Crippen LogP contribution >= 0.6 is 0 Å². The second kappa shape index (κ2) is 6.01. The molecule has 2 aromatic heterocycles. The third-order valence-corrected chi connectivity index (χ3v) is 4.34. The lowest BCUT2D eigenvalue weighted by Gasteiger charge is -2.29. The van der Waals surface area contributed by atoms with Crippen molar-refractivity contribution in [2.45, 2.75) is 13.0 Å². The van der Waals surface area contributed by atoms with E-state index >= 15 is 0 Å². The molecule has 0 spiro atoms. The van der Waals surface area contributed by atoms with Gasteiger partial charge in [-0.05, 0) is 41.8 Å². The lowest BCUT2D eigenvalue weighted by atomic mass is 10.0. The van der Waals surface area contributed by atoms with Gasteiger partial charge in [-0.25, -0.2) is 9.37 Å². The Hall–Kier alpha value is -3.22. The molecular weight excluding hydrogens is 323 g/mol. The highest BCUT2D eigenvalue weighted by Crippen LogP contribution is 2.22. The summed E-state index contributed by atoms with van der Waals surface area (Å²) in [5.74, 6) is 0.259. The van der Waals surface area contributed by atoms with Gasteiger partial charge in [-0.15, -0.1) is 0 Å². The number of halogens is 1. The Balaban J connectivity index is 1.72. The summed E-state index contributed by atoms with van der Waals surface area (Å²) in [4.78, 5) is 32.6. The average Bonchev–Trinajstić information content (AvgIpc) is 2.62. The molecule has 0 saturated heterocycles. The van der Waals surface area contributed by atoms with Crippen LogP contribution in [-0.2, 0) is 13.0 Å². The summed E-state index contributed by atoms with van der Waals surface area (Å²) in [6.45, 7) is 1.23. The van der Waals surface area contributed by atoms with Gasteiger partial charge in [0.25, 0.3) is 11.1 Å². The number of aromatic nitrogens is 3. The van der Waals surface area contributed by atoms with E-state index in [4.69, 9.17) is 0 Å². The molecule has 0 fully saturated rings. The van der Waals surface area contributed by atoms with Crippen LogP contribution in [0.4, 0.5) is 10.2 Å². The molecule has 0 atom stereocenters. The zero-order valence-electron chi connectivity index (χ0n) is 13.3. The number of hydrogen-bond donors (Lipinski definition) is 1. The third kappa shape index (κ3) is 2.96. The number of anilines is 1. The first-order valence-corrected chi connectivity index (χ1v) is 7.90. The number of nitrogens with one attached hydrogen (secondary N) is 1. The summed E-state index contributed by atoms with van der Waals surface area (Å²) in [5.41, 5.74) is 2.24. The number of benzene rings is 1. The van der Waals surface area contributed by atoms with E-state index in [1.54, 1.807) is 24.4 Å². The van der Waals surface area contributed by atoms with Crippen LogP contribution in [0.15, 0.2) is 58.5 Å². The van der Waals surface area contributed by atoms with Gasteiger partial charge in [0.05, 0.1) is 6.33 Å². The molecule has 1 aliphatic heterocycles. The summed E-state index contributed by atoms with van der Waals surface area (Å²) in [5, 5.41) is 0. The van der Waals surface area contributed by atoms with Crippen LogP contribution in [0.3, 0.4) is 0 Å². The molecule has 126 valence electrons. The minimum Gasteiger partial charge on any atom is -0.352 e. The fraction of sp³-hybridized carbons (Fsp3) is 0.167. The van der Waals surface area contributed by atoms with Crippen molar-refractivity contribution in [2.75, 3.05) is 11.4 Å². The van der Waals surface area contributed by atoms with Crippen molar-refractivity contribution in [3.05, 3.63) is 86.6 Å². The Bertz CT molecular complexity index is 1040. The Labute approximate surface area is 142 Å². The van der Waals surface area contributed by atoms with Crippen molar-refractivity contribution in [2.24, 2.45) is 0 Å². The van der Waals surface area contributed by atoms with E-state index in [1.807, 2.05) is 4.90 Å². The van der Waals surface area contributed by atoms with Crippen molar-refractivity contribution in [3.63, 3.8) is 0 Å². The molecule has 1 aliphatic rings. The summed E-state index contributed by atoms with van der Waals surface area (Å²) in [6, 6.07) is 8.88. The molecule has 6 nitrogen and oxygen atoms in total. The number of nitrogens with zero attached hydrogens (tertiary/aromatic N) is 3. The van der Waals surface area contributed by atoms with Crippen LogP contribution in [0.25, 0.3) is 5.69 Å². The molecule has 0 unspecified atom stereocenters. The van der Waals surface area contributed by atoms with E-state index < -0.39 is 0 Å². The highest BCUT2D eigenvalue weighted by molar-refractivity contribution is 5.44. The van der Waals surface area contributed by atoms with E-state index in [1.165, 1.54) is 29.1 Å². The van der Waals surface area contributed by atoms with E-state index in [0.717, 1.165) is 11.1 Å². The molecule has 3 aromatic rings. The topological polar surface area (TPSA) is 71.0 Å². The third-order valence-electron chi connectivity index (χ3n) is 4.34. The maximum absolute atomic E-state index is 13.1. The predicted molar refractivity (Wildman–Crippen MR) is 91.6 cm³/mol. The van der Waals surface area contributed by atoms with Crippen molar-refractivity contribution in [1.82, 2.24) is 14.5 Å². The number of rotatable bonds is 2. The molecule has 7 heteroatoms. The van der Waals surface area contributed by atoms with Crippen molar-refractivity contribution >= 4 is 5.82 Å². The number of aromatic amines is 1. The van der Waals surface area contributed by atoms with Crippen LogP contribution in [0.5, 0.6) is 0 Å². The number of hydrogen-bond acceptors (Lipinski definition) is 4. The Kier molecular flexibility index (Phi) is 3.68. The van der Waals surface area contributed by atoms with Gasteiger partial charge >= 0.3 is 0 Å². The monoisotopic (exact) mass is 338 g/mol. The van der Waals surface area contributed by atoms with Crippen LogP contribution < -0.4 is 16.0 Å².